The summed E-state index contributed by atoms with van der Waals surface area (Å²) in [6.07, 6.45) is 2.54. The van der Waals surface area contributed by atoms with Gasteiger partial charge in [-0.25, -0.2) is 0 Å². The van der Waals surface area contributed by atoms with Crippen LogP contribution in [-0.2, 0) is 7.05 Å². The number of hydrogen-bond acceptors (Lipinski definition) is 2. The number of nitrogens with one attached hydrogen (secondary N) is 1. The second kappa shape index (κ2) is 2.90. The van der Waals surface area contributed by atoms with Crippen molar-refractivity contribution in [2.24, 2.45) is 7.05 Å². The minimum Gasteiger partial charge on any atom is -0.309 e. The molecule has 2 heterocycles. The molecular weight excluding hydrogens is 150 g/mol. The van der Waals surface area contributed by atoms with Gasteiger partial charge in [0.25, 0.3) is 0 Å². The van der Waals surface area contributed by atoms with E-state index < -0.39 is 0 Å². The van der Waals surface area contributed by atoms with E-state index in [1.54, 1.807) is 0 Å². The summed E-state index contributed by atoms with van der Waals surface area (Å²) in [5, 5.41) is 7.80. The molecule has 0 spiro atoms. The van der Waals surface area contributed by atoms with Crippen LogP contribution in [0.25, 0.3) is 0 Å². The third kappa shape index (κ3) is 1.25. The normalized spacial score (nSPS) is 23.3. The van der Waals surface area contributed by atoms with Crippen molar-refractivity contribution in [2.75, 3.05) is 6.54 Å². The van der Waals surface area contributed by atoms with Gasteiger partial charge in [-0.2, -0.15) is 5.10 Å². The van der Waals surface area contributed by atoms with Crippen LogP contribution in [-0.4, -0.2) is 16.3 Å². The van der Waals surface area contributed by atoms with E-state index in [0.717, 1.165) is 12.2 Å². The highest BCUT2D eigenvalue weighted by Gasteiger charge is 2.19. The van der Waals surface area contributed by atoms with Gasteiger partial charge in [0.2, 0.25) is 0 Å². The smallest absolute Gasteiger partial charge is 0.0597 e. The van der Waals surface area contributed by atoms with E-state index >= 15 is 0 Å². The maximum atomic E-state index is 4.33. The first-order valence-electron chi connectivity index (χ1n) is 4.51. The van der Waals surface area contributed by atoms with Crippen molar-refractivity contribution >= 4 is 0 Å². The van der Waals surface area contributed by atoms with E-state index in [1.807, 2.05) is 18.7 Å². The predicted octanol–water partition coefficient (Wildman–Crippen LogP) is 1.15. The molecule has 66 valence electrons. The first-order valence-corrected chi connectivity index (χ1v) is 4.51. The number of aryl methyl sites for hydroxylation is 2. The highest BCUT2D eigenvalue weighted by Crippen LogP contribution is 2.22. The Balaban J connectivity index is 2.25. The van der Waals surface area contributed by atoms with Gasteiger partial charge in [0.1, 0.15) is 0 Å². The summed E-state index contributed by atoms with van der Waals surface area (Å²) in [5.41, 5.74) is 2.44. The first-order chi connectivity index (χ1) is 5.77. The molecule has 0 aromatic carbocycles. The molecule has 0 amide bonds. The Morgan fingerprint density at radius 1 is 1.67 bits per heavy atom. The second-order valence-electron chi connectivity index (χ2n) is 3.48. The molecule has 0 radical (unpaired) electrons. The molecule has 1 aliphatic rings. The number of aromatic nitrogens is 2. The van der Waals surface area contributed by atoms with Crippen molar-refractivity contribution in [3.8, 4) is 0 Å². The van der Waals surface area contributed by atoms with Crippen LogP contribution >= 0.6 is 0 Å². The minimum atomic E-state index is 0.538. The number of nitrogens with zero attached hydrogens (tertiary/aromatic N) is 2. The van der Waals surface area contributed by atoms with E-state index in [1.165, 1.54) is 18.5 Å². The van der Waals surface area contributed by atoms with Crippen LogP contribution in [0.5, 0.6) is 0 Å². The highest BCUT2D eigenvalue weighted by molar-refractivity contribution is 5.13. The summed E-state index contributed by atoms with van der Waals surface area (Å²) in [5.74, 6) is 0. The Bertz CT molecular complexity index is 271. The van der Waals surface area contributed by atoms with Gasteiger partial charge in [-0.15, -0.1) is 0 Å². The van der Waals surface area contributed by atoms with Crippen LogP contribution in [0.15, 0.2) is 6.07 Å². The third-order valence-electron chi connectivity index (χ3n) is 2.46. The molecule has 1 N–H and O–H groups in total. The van der Waals surface area contributed by atoms with Crippen LogP contribution < -0.4 is 5.32 Å². The largest absolute Gasteiger partial charge is 0.309 e. The van der Waals surface area contributed by atoms with Gasteiger partial charge in [-0.3, -0.25) is 4.68 Å². The van der Waals surface area contributed by atoms with Crippen molar-refractivity contribution in [2.45, 2.75) is 25.8 Å². The molecule has 3 heteroatoms. The molecule has 1 aliphatic heterocycles. The Kier molecular flexibility index (Phi) is 1.89. The van der Waals surface area contributed by atoms with E-state index in [4.69, 9.17) is 0 Å². The molecule has 2 rings (SSSR count). The fraction of sp³-hybridized carbons (Fsp3) is 0.667. The van der Waals surface area contributed by atoms with Crippen molar-refractivity contribution in [3.05, 3.63) is 17.5 Å². The molecule has 1 aromatic rings. The van der Waals surface area contributed by atoms with Crippen molar-refractivity contribution in [1.29, 1.82) is 0 Å². The summed E-state index contributed by atoms with van der Waals surface area (Å²) in [7, 11) is 2.02. The molecule has 3 nitrogen and oxygen atoms in total. The maximum Gasteiger partial charge on any atom is 0.0597 e. The van der Waals surface area contributed by atoms with Crippen LogP contribution in [0.1, 0.15) is 30.3 Å². The Hall–Kier alpha value is -0.830. The summed E-state index contributed by atoms with van der Waals surface area (Å²) >= 11 is 0. The zero-order chi connectivity index (χ0) is 8.55. The Morgan fingerprint density at radius 2 is 2.50 bits per heavy atom. The van der Waals surface area contributed by atoms with Crippen LogP contribution in [0, 0.1) is 6.92 Å². The van der Waals surface area contributed by atoms with Crippen molar-refractivity contribution in [1.82, 2.24) is 15.1 Å². The molecular formula is C9H15N3. The average Bonchev–Trinajstić information content (AvgIpc) is 2.58. The highest BCUT2D eigenvalue weighted by atomic mass is 15.3. The first kappa shape index (κ1) is 7.80. The predicted molar refractivity (Wildman–Crippen MR) is 47.9 cm³/mol. The molecule has 0 bridgehead atoms. The number of hydrogen-bond donors (Lipinski definition) is 1. The van der Waals surface area contributed by atoms with E-state index in [2.05, 4.69) is 16.5 Å². The van der Waals surface area contributed by atoms with Crippen LogP contribution in [0.2, 0.25) is 0 Å². The second-order valence-corrected chi connectivity index (χ2v) is 3.48. The van der Waals surface area contributed by atoms with E-state index in [9.17, 15) is 0 Å². The zero-order valence-corrected chi connectivity index (χ0v) is 7.67. The lowest BCUT2D eigenvalue weighted by molar-refractivity contribution is 0.573. The average molecular weight is 165 g/mol. The molecule has 1 atom stereocenters. The molecule has 12 heavy (non-hydrogen) atoms. The fourth-order valence-corrected chi connectivity index (χ4v) is 1.89. The summed E-state index contributed by atoms with van der Waals surface area (Å²) in [4.78, 5) is 0. The Labute approximate surface area is 72.8 Å². The lowest BCUT2D eigenvalue weighted by atomic mass is 10.1. The SMILES string of the molecule is Cc1cc([C@H]2CCCN2)n(C)n1. The lowest BCUT2D eigenvalue weighted by Gasteiger charge is -2.09. The summed E-state index contributed by atoms with van der Waals surface area (Å²) in [6, 6.07) is 2.71. The van der Waals surface area contributed by atoms with Gasteiger partial charge in [0.05, 0.1) is 11.4 Å². The zero-order valence-electron chi connectivity index (χ0n) is 7.67. The molecule has 1 saturated heterocycles. The van der Waals surface area contributed by atoms with Crippen molar-refractivity contribution in [3.63, 3.8) is 0 Å². The quantitative estimate of drug-likeness (QED) is 0.676. The topological polar surface area (TPSA) is 29.9 Å². The molecule has 0 aliphatic carbocycles. The van der Waals surface area contributed by atoms with Gasteiger partial charge in [-0.1, -0.05) is 0 Å². The molecule has 0 saturated carbocycles. The standard InChI is InChI=1S/C9H15N3/c1-7-6-9(12(2)11-7)8-4-3-5-10-8/h6,8,10H,3-5H2,1-2H3/t8-/m1/s1. The van der Waals surface area contributed by atoms with E-state index in [-0.39, 0.29) is 0 Å². The molecule has 1 fully saturated rings. The van der Waals surface area contributed by atoms with Gasteiger partial charge in [-0.05, 0) is 32.4 Å². The number of rotatable bonds is 1. The monoisotopic (exact) mass is 165 g/mol. The summed E-state index contributed by atoms with van der Waals surface area (Å²) in [6.45, 7) is 3.19. The van der Waals surface area contributed by atoms with Gasteiger partial charge in [0.15, 0.2) is 0 Å². The van der Waals surface area contributed by atoms with Gasteiger partial charge in [0, 0.05) is 13.1 Å². The van der Waals surface area contributed by atoms with E-state index in [0.29, 0.717) is 6.04 Å². The van der Waals surface area contributed by atoms with Gasteiger partial charge < -0.3 is 5.32 Å². The maximum absolute atomic E-state index is 4.33. The van der Waals surface area contributed by atoms with Crippen LogP contribution in [0.4, 0.5) is 0 Å². The van der Waals surface area contributed by atoms with Gasteiger partial charge >= 0.3 is 0 Å². The summed E-state index contributed by atoms with van der Waals surface area (Å²) < 4.78 is 1.98. The minimum absolute atomic E-state index is 0.538. The Morgan fingerprint density at radius 3 is 3.00 bits per heavy atom. The fourth-order valence-electron chi connectivity index (χ4n) is 1.89. The van der Waals surface area contributed by atoms with Crippen LogP contribution in [0.3, 0.4) is 0 Å². The third-order valence-corrected chi connectivity index (χ3v) is 2.46. The molecule has 0 unspecified atom stereocenters. The lowest BCUT2D eigenvalue weighted by Crippen LogP contribution is -2.16. The molecule has 1 aromatic heterocycles. The van der Waals surface area contributed by atoms with Crippen molar-refractivity contribution < 1.29 is 0 Å².